The molecular formula is C14H17N5O2. The van der Waals surface area contributed by atoms with Crippen molar-refractivity contribution in [3.05, 3.63) is 36.2 Å². The minimum atomic E-state index is -0.208. The van der Waals surface area contributed by atoms with Gasteiger partial charge in [0.05, 0.1) is 11.1 Å². The van der Waals surface area contributed by atoms with E-state index in [9.17, 15) is 4.79 Å². The number of para-hydroxylation sites is 1. The molecule has 1 atom stereocenters. The molecule has 0 spiro atoms. The van der Waals surface area contributed by atoms with Gasteiger partial charge in [0, 0.05) is 31.9 Å². The van der Waals surface area contributed by atoms with Crippen molar-refractivity contribution in [2.75, 3.05) is 7.05 Å². The van der Waals surface area contributed by atoms with Crippen molar-refractivity contribution in [2.45, 2.75) is 19.4 Å². The number of oxime groups is 1. The summed E-state index contributed by atoms with van der Waals surface area (Å²) in [4.78, 5) is 22.5. The van der Waals surface area contributed by atoms with Gasteiger partial charge in [-0.1, -0.05) is 11.2 Å². The second-order valence-corrected chi connectivity index (χ2v) is 4.79. The van der Waals surface area contributed by atoms with E-state index in [0.717, 1.165) is 0 Å². The first-order chi connectivity index (χ1) is 10.0. The standard InChI is InChI=1S/C14H17N5O2/c1-9(8-12(15)18-21)19(2)14(20)10-4-3-5-11-13(10)17-7-6-16-11/h3-7,9,21H,8H2,1-2H3,(H2,15,18). The van der Waals surface area contributed by atoms with E-state index < -0.39 is 0 Å². The highest BCUT2D eigenvalue weighted by Crippen LogP contribution is 2.17. The molecule has 0 aliphatic carbocycles. The molecule has 0 saturated heterocycles. The van der Waals surface area contributed by atoms with Crippen LogP contribution < -0.4 is 5.73 Å². The molecule has 0 fully saturated rings. The maximum absolute atomic E-state index is 12.6. The number of hydrogen-bond donors (Lipinski definition) is 2. The minimum absolute atomic E-state index is 0.0832. The van der Waals surface area contributed by atoms with E-state index in [1.165, 1.54) is 0 Å². The molecule has 0 aliphatic rings. The Morgan fingerprint density at radius 2 is 2.14 bits per heavy atom. The Hall–Kier alpha value is -2.70. The van der Waals surface area contributed by atoms with Gasteiger partial charge in [-0.05, 0) is 19.1 Å². The average Bonchev–Trinajstić information content (AvgIpc) is 2.52. The molecule has 1 heterocycles. The molecule has 110 valence electrons. The van der Waals surface area contributed by atoms with Crippen molar-refractivity contribution >= 4 is 22.8 Å². The van der Waals surface area contributed by atoms with Gasteiger partial charge in [0.25, 0.3) is 5.91 Å². The third kappa shape index (κ3) is 3.07. The molecule has 0 radical (unpaired) electrons. The summed E-state index contributed by atoms with van der Waals surface area (Å²) >= 11 is 0. The minimum Gasteiger partial charge on any atom is -0.409 e. The van der Waals surface area contributed by atoms with Crippen molar-refractivity contribution in [1.82, 2.24) is 14.9 Å². The van der Waals surface area contributed by atoms with Crippen LogP contribution in [0.2, 0.25) is 0 Å². The number of amidine groups is 1. The summed E-state index contributed by atoms with van der Waals surface area (Å²) in [5.41, 5.74) is 7.19. The van der Waals surface area contributed by atoms with Crippen LogP contribution in [0, 0.1) is 0 Å². The lowest BCUT2D eigenvalue weighted by Gasteiger charge is -2.24. The zero-order valence-electron chi connectivity index (χ0n) is 11.9. The summed E-state index contributed by atoms with van der Waals surface area (Å²) < 4.78 is 0. The van der Waals surface area contributed by atoms with Crippen molar-refractivity contribution in [1.29, 1.82) is 0 Å². The van der Waals surface area contributed by atoms with Crippen LogP contribution in [-0.2, 0) is 0 Å². The van der Waals surface area contributed by atoms with Gasteiger partial charge in [0.2, 0.25) is 0 Å². The molecule has 0 aliphatic heterocycles. The Balaban J connectivity index is 2.30. The molecule has 0 saturated carbocycles. The lowest BCUT2D eigenvalue weighted by molar-refractivity contribution is 0.0749. The van der Waals surface area contributed by atoms with Gasteiger partial charge in [0.1, 0.15) is 11.4 Å². The second-order valence-electron chi connectivity index (χ2n) is 4.79. The number of benzene rings is 1. The number of aromatic nitrogens is 2. The Labute approximate surface area is 122 Å². The maximum atomic E-state index is 12.6. The van der Waals surface area contributed by atoms with Crippen LogP contribution in [0.5, 0.6) is 0 Å². The zero-order valence-corrected chi connectivity index (χ0v) is 11.9. The van der Waals surface area contributed by atoms with Gasteiger partial charge in [-0.2, -0.15) is 0 Å². The molecule has 7 heteroatoms. The van der Waals surface area contributed by atoms with Gasteiger partial charge in [0.15, 0.2) is 0 Å². The average molecular weight is 287 g/mol. The fourth-order valence-corrected chi connectivity index (χ4v) is 2.04. The van der Waals surface area contributed by atoms with E-state index in [-0.39, 0.29) is 24.2 Å². The summed E-state index contributed by atoms with van der Waals surface area (Å²) in [6.07, 6.45) is 3.43. The lowest BCUT2D eigenvalue weighted by atomic mass is 10.1. The van der Waals surface area contributed by atoms with Gasteiger partial charge in [-0.3, -0.25) is 14.8 Å². The predicted molar refractivity (Wildman–Crippen MR) is 79.1 cm³/mol. The number of carbonyl (C=O) groups excluding carboxylic acids is 1. The smallest absolute Gasteiger partial charge is 0.256 e. The number of nitrogens with zero attached hydrogens (tertiary/aromatic N) is 4. The van der Waals surface area contributed by atoms with Crippen LogP contribution in [0.25, 0.3) is 11.0 Å². The molecule has 1 amide bonds. The number of rotatable bonds is 4. The van der Waals surface area contributed by atoms with Gasteiger partial charge in [-0.15, -0.1) is 0 Å². The van der Waals surface area contributed by atoms with Gasteiger partial charge in [-0.25, -0.2) is 0 Å². The van der Waals surface area contributed by atoms with Crippen molar-refractivity contribution < 1.29 is 10.0 Å². The molecule has 2 rings (SSSR count). The molecule has 1 unspecified atom stereocenters. The molecule has 21 heavy (non-hydrogen) atoms. The SMILES string of the molecule is CC(C/C(N)=N/O)N(C)C(=O)c1cccc2nccnc12. The van der Waals surface area contributed by atoms with Crippen LogP contribution in [0.3, 0.4) is 0 Å². The molecular weight excluding hydrogens is 270 g/mol. The quantitative estimate of drug-likeness (QED) is 0.381. The first kappa shape index (κ1) is 14.7. The highest BCUT2D eigenvalue weighted by Gasteiger charge is 2.21. The molecule has 7 nitrogen and oxygen atoms in total. The Morgan fingerprint density at radius 1 is 1.43 bits per heavy atom. The number of carbonyl (C=O) groups is 1. The molecule has 2 aromatic rings. The molecule has 3 N–H and O–H groups in total. The highest BCUT2D eigenvalue weighted by atomic mass is 16.4. The Kier molecular flexibility index (Phi) is 4.32. The van der Waals surface area contributed by atoms with Crippen LogP contribution in [0.4, 0.5) is 0 Å². The van der Waals surface area contributed by atoms with E-state index in [1.54, 1.807) is 42.5 Å². The van der Waals surface area contributed by atoms with Gasteiger partial charge < -0.3 is 15.8 Å². The van der Waals surface area contributed by atoms with Crippen LogP contribution in [-0.4, -0.2) is 44.9 Å². The molecule has 0 bridgehead atoms. The van der Waals surface area contributed by atoms with E-state index in [4.69, 9.17) is 10.9 Å². The summed E-state index contributed by atoms with van der Waals surface area (Å²) in [7, 11) is 1.67. The number of nitrogens with two attached hydrogens (primary N) is 1. The first-order valence-corrected chi connectivity index (χ1v) is 6.48. The highest BCUT2D eigenvalue weighted by molar-refractivity contribution is 6.04. The maximum Gasteiger partial charge on any atom is 0.256 e. The largest absolute Gasteiger partial charge is 0.409 e. The Bertz CT molecular complexity index is 681. The fourth-order valence-electron chi connectivity index (χ4n) is 2.04. The van der Waals surface area contributed by atoms with Crippen molar-refractivity contribution in [2.24, 2.45) is 10.9 Å². The van der Waals surface area contributed by atoms with Gasteiger partial charge >= 0.3 is 0 Å². The van der Waals surface area contributed by atoms with E-state index in [0.29, 0.717) is 16.6 Å². The van der Waals surface area contributed by atoms with E-state index >= 15 is 0 Å². The number of amides is 1. The predicted octanol–water partition coefficient (Wildman–Crippen LogP) is 1.23. The van der Waals surface area contributed by atoms with Crippen LogP contribution >= 0.6 is 0 Å². The first-order valence-electron chi connectivity index (χ1n) is 6.48. The summed E-state index contributed by atoms with van der Waals surface area (Å²) in [6, 6.07) is 5.08. The summed E-state index contributed by atoms with van der Waals surface area (Å²) in [5, 5.41) is 11.5. The monoisotopic (exact) mass is 287 g/mol. The molecule has 1 aromatic heterocycles. The van der Waals surface area contributed by atoms with Crippen LogP contribution in [0.15, 0.2) is 35.7 Å². The van der Waals surface area contributed by atoms with Crippen molar-refractivity contribution in [3.8, 4) is 0 Å². The summed E-state index contributed by atoms with van der Waals surface area (Å²) in [5.74, 6) is -0.0980. The third-order valence-electron chi connectivity index (χ3n) is 3.34. The normalized spacial score (nSPS) is 13.1. The Morgan fingerprint density at radius 3 is 2.86 bits per heavy atom. The van der Waals surface area contributed by atoms with E-state index in [2.05, 4.69) is 15.1 Å². The number of fused-ring (bicyclic) bond motifs is 1. The third-order valence-corrected chi connectivity index (χ3v) is 3.34. The van der Waals surface area contributed by atoms with Crippen molar-refractivity contribution in [3.63, 3.8) is 0 Å². The topological polar surface area (TPSA) is 105 Å². The van der Waals surface area contributed by atoms with E-state index in [1.807, 2.05) is 6.92 Å². The second kappa shape index (κ2) is 6.17. The number of hydrogen-bond acceptors (Lipinski definition) is 5. The van der Waals surface area contributed by atoms with Crippen LogP contribution in [0.1, 0.15) is 23.7 Å². The summed E-state index contributed by atoms with van der Waals surface area (Å²) in [6.45, 7) is 1.83. The lowest BCUT2D eigenvalue weighted by Crippen LogP contribution is -2.38. The zero-order chi connectivity index (χ0) is 15.4. The fraction of sp³-hybridized carbons (Fsp3) is 0.286. The molecule has 1 aromatic carbocycles.